The van der Waals surface area contributed by atoms with E-state index in [4.69, 9.17) is 5.11 Å². The first-order chi connectivity index (χ1) is 12.6. The minimum atomic E-state index is -0.210. The zero-order valence-electron chi connectivity index (χ0n) is 15.4. The third-order valence-corrected chi connectivity index (χ3v) is 5.62. The molecule has 1 aromatic carbocycles. The number of aliphatic hydroxyl groups excluding tert-OH is 1. The molecule has 1 amide bonds. The SMILES string of the molecule is O=C1CCC2(CCCN(CC=Cc3ccc(F)cc3)C2)CN1CCCO. The Bertz CT molecular complexity index is 631. The molecule has 3 rings (SSSR count). The fraction of sp³-hybridized carbons (Fsp3) is 0.571. The maximum Gasteiger partial charge on any atom is 0.222 e. The third kappa shape index (κ3) is 4.92. The number of carbonyl (C=O) groups excluding carboxylic acids is 1. The molecule has 1 spiro atoms. The Hall–Kier alpha value is -1.72. The largest absolute Gasteiger partial charge is 0.396 e. The molecule has 4 nitrogen and oxygen atoms in total. The lowest BCUT2D eigenvalue weighted by Gasteiger charge is -2.48. The second-order valence-corrected chi connectivity index (χ2v) is 7.69. The van der Waals surface area contributed by atoms with E-state index in [2.05, 4.69) is 11.0 Å². The van der Waals surface area contributed by atoms with Crippen molar-refractivity contribution in [3.05, 3.63) is 41.7 Å². The molecular weight excluding hydrogens is 331 g/mol. The van der Waals surface area contributed by atoms with Crippen LogP contribution in [0.3, 0.4) is 0 Å². The maximum atomic E-state index is 13.0. The van der Waals surface area contributed by atoms with Gasteiger partial charge in [-0.05, 0) is 49.9 Å². The second-order valence-electron chi connectivity index (χ2n) is 7.69. The van der Waals surface area contributed by atoms with E-state index in [0.29, 0.717) is 19.4 Å². The second kappa shape index (κ2) is 8.78. The van der Waals surface area contributed by atoms with Gasteiger partial charge >= 0.3 is 0 Å². The average Bonchev–Trinajstić information content (AvgIpc) is 2.65. The van der Waals surface area contributed by atoms with E-state index in [0.717, 1.165) is 44.6 Å². The van der Waals surface area contributed by atoms with Crippen molar-refractivity contribution >= 4 is 12.0 Å². The number of carbonyl (C=O) groups is 1. The Kier molecular flexibility index (Phi) is 6.43. The van der Waals surface area contributed by atoms with E-state index in [1.807, 2.05) is 11.0 Å². The van der Waals surface area contributed by atoms with Crippen LogP contribution in [-0.4, -0.2) is 60.1 Å². The lowest BCUT2D eigenvalue weighted by Crippen LogP contribution is -2.54. The number of halogens is 1. The number of hydrogen-bond donors (Lipinski definition) is 1. The van der Waals surface area contributed by atoms with Crippen LogP contribution in [0.5, 0.6) is 0 Å². The number of likely N-dealkylation sites (tertiary alicyclic amines) is 2. The molecular formula is C21H29FN2O2. The van der Waals surface area contributed by atoms with Gasteiger partial charge in [0, 0.05) is 44.6 Å². The van der Waals surface area contributed by atoms with Gasteiger partial charge in [0.1, 0.15) is 5.82 Å². The number of piperidine rings is 2. The van der Waals surface area contributed by atoms with Crippen molar-refractivity contribution in [3.8, 4) is 0 Å². The van der Waals surface area contributed by atoms with Crippen LogP contribution < -0.4 is 0 Å². The smallest absolute Gasteiger partial charge is 0.222 e. The Morgan fingerprint density at radius 1 is 1.19 bits per heavy atom. The summed E-state index contributed by atoms with van der Waals surface area (Å²) in [6.45, 7) is 4.61. The molecule has 26 heavy (non-hydrogen) atoms. The van der Waals surface area contributed by atoms with Gasteiger partial charge in [-0.1, -0.05) is 24.3 Å². The van der Waals surface area contributed by atoms with Crippen LogP contribution in [0.15, 0.2) is 30.3 Å². The van der Waals surface area contributed by atoms with Gasteiger partial charge in [0.2, 0.25) is 5.91 Å². The minimum absolute atomic E-state index is 0.136. The van der Waals surface area contributed by atoms with Gasteiger partial charge in [0.05, 0.1) is 0 Å². The molecule has 0 radical (unpaired) electrons. The third-order valence-electron chi connectivity index (χ3n) is 5.62. The number of nitrogens with zero attached hydrogens (tertiary/aromatic N) is 2. The summed E-state index contributed by atoms with van der Waals surface area (Å²) in [5.41, 5.74) is 1.21. The highest BCUT2D eigenvalue weighted by molar-refractivity contribution is 5.77. The zero-order valence-corrected chi connectivity index (χ0v) is 15.4. The summed E-state index contributed by atoms with van der Waals surface area (Å²) < 4.78 is 13.0. The molecule has 1 N–H and O–H groups in total. The molecule has 0 bridgehead atoms. The molecule has 5 heteroatoms. The molecule has 1 aromatic rings. The van der Waals surface area contributed by atoms with Gasteiger partial charge < -0.3 is 10.0 Å². The molecule has 1 atom stereocenters. The van der Waals surface area contributed by atoms with E-state index in [-0.39, 0.29) is 23.7 Å². The maximum absolute atomic E-state index is 13.0. The van der Waals surface area contributed by atoms with Gasteiger partial charge in [0.15, 0.2) is 0 Å². The standard InChI is InChI=1S/C21H29FN2O2/c22-19-7-5-18(6-8-19)4-1-12-23-13-2-10-21(16-23)11-9-20(26)24(17-21)14-3-15-25/h1,4-8,25H,2-3,9-17H2. The van der Waals surface area contributed by atoms with Crippen LogP contribution in [0.25, 0.3) is 6.08 Å². The molecule has 1 unspecified atom stereocenters. The van der Waals surface area contributed by atoms with Crippen LogP contribution in [0, 0.1) is 11.2 Å². The van der Waals surface area contributed by atoms with Crippen LogP contribution in [0.2, 0.25) is 0 Å². The quantitative estimate of drug-likeness (QED) is 0.848. The fourth-order valence-corrected chi connectivity index (χ4v) is 4.28. The van der Waals surface area contributed by atoms with Crippen molar-refractivity contribution in [3.63, 3.8) is 0 Å². The van der Waals surface area contributed by atoms with E-state index < -0.39 is 0 Å². The van der Waals surface area contributed by atoms with Crippen molar-refractivity contribution in [1.29, 1.82) is 0 Å². The first kappa shape index (κ1) is 19.1. The van der Waals surface area contributed by atoms with Gasteiger partial charge in [0.25, 0.3) is 0 Å². The van der Waals surface area contributed by atoms with Gasteiger partial charge in [-0.25, -0.2) is 4.39 Å². The molecule has 142 valence electrons. The molecule has 0 aromatic heterocycles. The number of aliphatic hydroxyl groups is 1. The highest BCUT2D eigenvalue weighted by Crippen LogP contribution is 2.38. The highest BCUT2D eigenvalue weighted by atomic mass is 19.1. The summed E-state index contributed by atoms with van der Waals surface area (Å²) in [5.74, 6) is 0.0233. The first-order valence-corrected chi connectivity index (χ1v) is 9.63. The monoisotopic (exact) mass is 360 g/mol. The summed E-state index contributed by atoms with van der Waals surface area (Å²) in [7, 11) is 0. The van der Waals surface area contributed by atoms with Crippen LogP contribution in [0.1, 0.15) is 37.7 Å². The van der Waals surface area contributed by atoms with Crippen molar-refractivity contribution in [1.82, 2.24) is 9.80 Å². The van der Waals surface area contributed by atoms with Crippen molar-refractivity contribution < 1.29 is 14.3 Å². The minimum Gasteiger partial charge on any atom is -0.396 e. The van der Waals surface area contributed by atoms with E-state index in [9.17, 15) is 9.18 Å². The van der Waals surface area contributed by atoms with Gasteiger partial charge in [-0.15, -0.1) is 0 Å². The molecule has 2 saturated heterocycles. The predicted octanol–water partition coefficient (Wildman–Crippen LogP) is 2.93. The average molecular weight is 360 g/mol. The zero-order chi connectivity index (χ0) is 18.4. The Balaban J connectivity index is 1.56. The number of hydrogen-bond acceptors (Lipinski definition) is 3. The molecule has 0 aliphatic carbocycles. The lowest BCUT2D eigenvalue weighted by atomic mass is 9.73. The van der Waals surface area contributed by atoms with E-state index in [1.165, 1.54) is 18.6 Å². The van der Waals surface area contributed by atoms with Gasteiger partial charge in [-0.3, -0.25) is 9.69 Å². The number of benzene rings is 1. The highest BCUT2D eigenvalue weighted by Gasteiger charge is 2.41. The first-order valence-electron chi connectivity index (χ1n) is 9.63. The van der Waals surface area contributed by atoms with Crippen molar-refractivity contribution in [2.75, 3.05) is 39.3 Å². The molecule has 2 heterocycles. The molecule has 2 aliphatic heterocycles. The van der Waals surface area contributed by atoms with Crippen LogP contribution in [-0.2, 0) is 4.79 Å². The normalized spacial score (nSPS) is 24.7. The molecule has 0 saturated carbocycles. The molecule has 2 aliphatic rings. The van der Waals surface area contributed by atoms with Crippen molar-refractivity contribution in [2.45, 2.75) is 32.1 Å². The van der Waals surface area contributed by atoms with Crippen LogP contribution >= 0.6 is 0 Å². The summed E-state index contributed by atoms with van der Waals surface area (Å²) in [4.78, 5) is 16.6. The Labute approximate surface area is 155 Å². The number of amides is 1. The predicted molar refractivity (Wildman–Crippen MR) is 101 cm³/mol. The van der Waals surface area contributed by atoms with E-state index in [1.54, 1.807) is 12.1 Å². The summed E-state index contributed by atoms with van der Waals surface area (Å²) in [6.07, 6.45) is 8.78. The fourth-order valence-electron chi connectivity index (χ4n) is 4.28. The van der Waals surface area contributed by atoms with Gasteiger partial charge in [-0.2, -0.15) is 0 Å². The summed E-state index contributed by atoms with van der Waals surface area (Å²) in [5, 5.41) is 9.06. The van der Waals surface area contributed by atoms with Crippen molar-refractivity contribution in [2.24, 2.45) is 5.41 Å². The summed E-state index contributed by atoms with van der Waals surface area (Å²) >= 11 is 0. The molecule has 2 fully saturated rings. The Morgan fingerprint density at radius 3 is 2.77 bits per heavy atom. The summed E-state index contributed by atoms with van der Waals surface area (Å²) in [6, 6.07) is 6.54. The van der Waals surface area contributed by atoms with Crippen LogP contribution in [0.4, 0.5) is 4.39 Å². The topological polar surface area (TPSA) is 43.8 Å². The lowest BCUT2D eigenvalue weighted by molar-refractivity contribution is -0.139. The van der Waals surface area contributed by atoms with E-state index >= 15 is 0 Å². The number of rotatable bonds is 6. The Morgan fingerprint density at radius 2 is 2.00 bits per heavy atom.